The van der Waals surface area contributed by atoms with E-state index in [1.165, 1.54) is 0 Å². The van der Waals surface area contributed by atoms with Gasteiger partial charge in [-0.15, -0.1) is 0 Å². The second kappa shape index (κ2) is 4.13. The molecular weight excluding hydrogens is 216 g/mol. The minimum atomic E-state index is -3.52. The van der Waals surface area contributed by atoms with Crippen LogP contribution < -0.4 is 0 Å². The van der Waals surface area contributed by atoms with Gasteiger partial charge in [0.15, 0.2) is 0 Å². The van der Waals surface area contributed by atoms with Crippen LogP contribution >= 0.6 is 10.7 Å². The Kier molecular flexibility index (Phi) is 3.57. The summed E-state index contributed by atoms with van der Waals surface area (Å²) in [5, 5.41) is 0. The van der Waals surface area contributed by atoms with E-state index in [-0.39, 0.29) is 5.75 Å². The summed E-state index contributed by atoms with van der Waals surface area (Å²) in [6.45, 7) is 3.13. The lowest BCUT2D eigenvalue weighted by atomic mass is 10.1. The highest BCUT2D eigenvalue weighted by molar-refractivity contribution is 8.13. The lowest BCUT2D eigenvalue weighted by Gasteiger charge is -2.25. The molecule has 13 heavy (non-hydrogen) atoms. The van der Waals surface area contributed by atoms with E-state index >= 15 is 0 Å². The van der Waals surface area contributed by atoms with Crippen LogP contribution in [0.15, 0.2) is 0 Å². The Morgan fingerprint density at radius 1 is 1.62 bits per heavy atom. The average Bonchev–Trinajstić information content (AvgIpc) is 2.33. The molecule has 1 aliphatic heterocycles. The summed E-state index contributed by atoms with van der Waals surface area (Å²) in [7, 11) is 1.65. The van der Waals surface area contributed by atoms with E-state index in [2.05, 4.69) is 0 Å². The quantitative estimate of drug-likeness (QED) is 0.667. The topological polar surface area (TPSA) is 52.6 Å². The molecule has 0 aromatic carbocycles. The van der Waals surface area contributed by atoms with E-state index in [1.54, 1.807) is 0 Å². The largest absolute Gasteiger partial charge is 0.378 e. The third-order valence-electron chi connectivity index (χ3n) is 1.95. The number of hydrogen-bond donors (Lipinski definition) is 0. The molecule has 78 valence electrons. The molecule has 0 N–H and O–H groups in total. The lowest BCUT2D eigenvalue weighted by molar-refractivity contribution is -0.0264. The summed E-state index contributed by atoms with van der Waals surface area (Å²) in [6.07, 6.45) is 0.590. The van der Waals surface area contributed by atoms with Crippen LogP contribution in [0.1, 0.15) is 13.3 Å². The predicted octanol–water partition coefficient (Wildman–Crippen LogP) is 0.751. The summed E-state index contributed by atoms with van der Waals surface area (Å²) < 4.78 is 32.3. The van der Waals surface area contributed by atoms with E-state index < -0.39 is 14.7 Å². The lowest BCUT2D eigenvalue weighted by Crippen LogP contribution is -2.39. The summed E-state index contributed by atoms with van der Waals surface area (Å²) in [5.74, 6) is -0.171. The van der Waals surface area contributed by atoms with Crippen LogP contribution in [-0.2, 0) is 18.5 Å². The predicted molar refractivity (Wildman–Crippen MR) is 49.4 cm³/mol. The van der Waals surface area contributed by atoms with Gasteiger partial charge in [-0.1, -0.05) is 0 Å². The summed E-state index contributed by atoms with van der Waals surface area (Å²) in [4.78, 5) is 0. The maximum Gasteiger partial charge on any atom is 0.235 e. The molecule has 6 heteroatoms. The summed E-state index contributed by atoms with van der Waals surface area (Å²) >= 11 is 0. The van der Waals surface area contributed by atoms with E-state index in [1.807, 2.05) is 6.92 Å². The maximum atomic E-state index is 10.9. The van der Waals surface area contributed by atoms with Gasteiger partial charge in [0.1, 0.15) is 5.60 Å². The van der Waals surface area contributed by atoms with Crippen molar-refractivity contribution in [2.75, 3.05) is 25.6 Å². The highest BCUT2D eigenvalue weighted by Gasteiger charge is 2.39. The van der Waals surface area contributed by atoms with E-state index in [9.17, 15) is 8.42 Å². The molecule has 0 aromatic heterocycles. The van der Waals surface area contributed by atoms with Gasteiger partial charge in [-0.25, -0.2) is 8.42 Å². The maximum absolute atomic E-state index is 10.9. The number of halogens is 1. The number of rotatable bonds is 4. The molecule has 1 fully saturated rings. The first-order valence-electron chi connectivity index (χ1n) is 4.11. The minimum absolute atomic E-state index is 0.171. The highest BCUT2D eigenvalue weighted by Crippen LogP contribution is 2.26. The van der Waals surface area contributed by atoms with Gasteiger partial charge >= 0.3 is 0 Å². The first-order valence-corrected chi connectivity index (χ1v) is 6.59. The molecule has 1 aliphatic rings. The van der Waals surface area contributed by atoms with Crippen molar-refractivity contribution in [1.29, 1.82) is 0 Å². The van der Waals surface area contributed by atoms with Gasteiger partial charge in [-0.3, -0.25) is 0 Å². The minimum Gasteiger partial charge on any atom is -0.378 e. The van der Waals surface area contributed by atoms with Crippen LogP contribution in [0.25, 0.3) is 0 Å². The Morgan fingerprint density at radius 2 is 2.31 bits per heavy atom. The van der Waals surface area contributed by atoms with E-state index in [0.29, 0.717) is 26.2 Å². The van der Waals surface area contributed by atoms with E-state index in [0.717, 1.165) is 0 Å². The Hall–Kier alpha value is 0.160. The molecule has 1 rings (SSSR count). The molecule has 0 aliphatic carbocycles. The van der Waals surface area contributed by atoms with Crippen molar-refractivity contribution in [2.24, 2.45) is 0 Å². The van der Waals surface area contributed by atoms with Crippen LogP contribution in [0, 0.1) is 0 Å². The Balaban J connectivity index is 2.67. The molecule has 1 saturated heterocycles. The van der Waals surface area contributed by atoms with Gasteiger partial charge in [0.25, 0.3) is 0 Å². The Morgan fingerprint density at radius 3 is 2.69 bits per heavy atom. The van der Waals surface area contributed by atoms with Crippen LogP contribution in [0.4, 0.5) is 0 Å². The van der Waals surface area contributed by atoms with Gasteiger partial charge in [0, 0.05) is 30.3 Å². The zero-order valence-electron chi connectivity index (χ0n) is 7.45. The molecule has 0 saturated carbocycles. The van der Waals surface area contributed by atoms with Gasteiger partial charge in [0.05, 0.1) is 12.4 Å². The van der Waals surface area contributed by atoms with Crippen molar-refractivity contribution in [2.45, 2.75) is 18.9 Å². The summed E-state index contributed by atoms with van der Waals surface area (Å²) in [6, 6.07) is 0. The molecule has 0 radical (unpaired) electrons. The van der Waals surface area contributed by atoms with Gasteiger partial charge in [-0.2, -0.15) is 0 Å². The van der Waals surface area contributed by atoms with Crippen LogP contribution in [-0.4, -0.2) is 39.6 Å². The van der Waals surface area contributed by atoms with Crippen LogP contribution in [0.2, 0.25) is 0 Å². The van der Waals surface area contributed by atoms with Crippen LogP contribution in [0.3, 0.4) is 0 Å². The second-order valence-electron chi connectivity index (χ2n) is 3.10. The third-order valence-corrected chi connectivity index (χ3v) is 3.15. The highest BCUT2D eigenvalue weighted by atomic mass is 35.7. The zero-order valence-corrected chi connectivity index (χ0v) is 9.03. The molecule has 1 heterocycles. The summed E-state index contributed by atoms with van der Waals surface area (Å²) in [5.41, 5.74) is -0.713. The molecule has 0 bridgehead atoms. The number of ether oxygens (including phenoxy) is 2. The molecule has 0 aromatic rings. The van der Waals surface area contributed by atoms with E-state index in [4.69, 9.17) is 20.2 Å². The zero-order chi connectivity index (χ0) is 9.95. The number of hydrogen-bond acceptors (Lipinski definition) is 4. The SMILES string of the molecule is CCOC1(CS(=O)(=O)Cl)CCOC1. The molecule has 0 amide bonds. The molecular formula is C7H13ClO4S. The fourth-order valence-corrected chi connectivity index (χ4v) is 3.01. The van der Waals surface area contributed by atoms with Gasteiger partial charge in [0.2, 0.25) is 9.05 Å². The first-order chi connectivity index (χ1) is 5.97. The van der Waals surface area contributed by atoms with Crippen molar-refractivity contribution in [3.63, 3.8) is 0 Å². The van der Waals surface area contributed by atoms with Crippen molar-refractivity contribution in [1.82, 2.24) is 0 Å². The molecule has 1 atom stereocenters. The monoisotopic (exact) mass is 228 g/mol. The van der Waals surface area contributed by atoms with Gasteiger partial charge < -0.3 is 9.47 Å². The standard InChI is InChI=1S/C7H13ClO4S/c1-2-12-7(3-4-11-5-7)6-13(8,9)10/h2-6H2,1H3. The van der Waals surface area contributed by atoms with Gasteiger partial charge in [-0.05, 0) is 6.92 Å². The molecule has 1 unspecified atom stereocenters. The van der Waals surface area contributed by atoms with Crippen molar-refractivity contribution in [3.05, 3.63) is 0 Å². The molecule has 4 nitrogen and oxygen atoms in total. The van der Waals surface area contributed by atoms with Crippen molar-refractivity contribution in [3.8, 4) is 0 Å². The smallest absolute Gasteiger partial charge is 0.235 e. The average molecular weight is 229 g/mol. The van der Waals surface area contributed by atoms with Crippen LogP contribution in [0.5, 0.6) is 0 Å². The third kappa shape index (κ3) is 3.42. The molecule has 0 spiro atoms. The first kappa shape index (κ1) is 11.2. The van der Waals surface area contributed by atoms with Crippen molar-refractivity contribution < 1.29 is 17.9 Å². The fraction of sp³-hybridized carbons (Fsp3) is 1.00. The Labute approximate surface area is 82.6 Å². The second-order valence-corrected chi connectivity index (χ2v) is 5.88. The Bertz CT molecular complexity index is 256. The van der Waals surface area contributed by atoms with Crippen molar-refractivity contribution >= 4 is 19.7 Å². The fourth-order valence-electron chi connectivity index (χ4n) is 1.48. The normalized spacial score (nSPS) is 29.4.